The Morgan fingerprint density at radius 1 is 1.07 bits per heavy atom. The van der Waals surface area contributed by atoms with Crippen molar-refractivity contribution in [2.75, 3.05) is 11.5 Å². The van der Waals surface area contributed by atoms with Gasteiger partial charge in [-0.25, -0.2) is 4.39 Å². The Bertz CT molecular complexity index is 1070. The van der Waals surface area contributed by atoms with Crippen molar-refractivity contribution in [2.45, 2.75) is 24.0 Å². The summed E-state index contributed by atoms with van der Waals surface area (Å²) < 4.78 is 45.5. The van der Waals surface area contributed by atoms with Gasteiger partial charge in [0.05, 0.1) is 11.3 Å². The smallest absolute Gasteiger partial charge is 0.310 e. The fraction of sp³-hybridized carbons (Fsp3) is 0.263. The van der Waals surface area contributed by atoms with Gasteiger partial charge in [0.15, 0.2) is 11.0 Å². The van der Waals surface area contributed by atoms with Gasteiger partial charge in [0, 0.05) is 11.8 Å². The Morgan fingerprint density at radius 2 is 1.79 bits per heavy atom. The number of thioether (sulfide) groups is 1. The molecule has 1 fully saturated rings. The maximum atomic E-state index is 14.2. The molecule has 2 aromatic carbocycles. The average Bonchev–Trinajstić information content (AvgIpc) is 3.43. The number of halogens is 1. The molecule has 0 atom stereocenters. The molecule has 0 amide bonds. The molecule has 28 heavy (non-hydrogen) atoms. The summed E-state index contributed by atoms with van der Waals surface area (Å²) in [6, 6.07) is 15.1. The second-order valence-electron chi connectivity index (χ2n) is 6.39. The van der Waals surface area contributed by atoms with Crippen LogP contribution in [0.3, 0.4) is 0 Å². The molecular formula is C19H18FN3O3S2. The molecule has 1 heterocycles. The summed E-state index contributed by atoms with van der Waals surface area (Å²) in [5, 5.41) is 8.93. The van der Waals surface area contributed by atoms with Crippen molar-refractivity contribution >= 4 is 21.9 Å². The van der Waals surface area contributed by atoms with Crippen LogP contribution in [0.15, 0.2) is 59.8 Å². The van der Waals surface area contributed by atoms with Crippen LogP contribution < -0.4 is 4.18 Å². The zero-order chi connectivity index (χ0) is 19.6. The van der Waals surface area contributed by atoms with Crippen molar-refractivity contribution in [1.82, 2.24) is 14.8 Å². The number of benzene rings is 2. The highest BCUT2D eigenvalue weighted by Crippen LogP contribution is 2.41. The Kier molecular flexibility index (Phi) is 5.36. The lowest BCUT2D eigenvalue weighted by Gasteiger charge is -2.10. The number of nitrogens with zero attached hydrogens (tertiary/aromatic N) is 3. The first-order valence-corrected chi connectivity index (χ1v) is 11.4. The van der Waals surface area contributed by atoms with E-state index in [2.05, 4.69) is 10.2 Å². The van der Waals surface area contributed by atoms with Crippen LogP contribution in [0.4, 0.5) is 4.39 Å². The van der Waals surface area contributed by atoms with E-state index in [0.29, 0.717) is 16.5 Å². The number of hydrogen-bond donors (Lipinski definition) is 0. The van der Waals surface area contributed by atoms with Crippen LogP contribution in [0.5, 0.6) is 5.75 Å². The standard InChI is InChI=1S/C19H18FN3O3S2/c20-17-9-5-4-8-16(17)18-21-22-19(23(18)14-10-11-14)27-12-13-28(24,25)26-15-6-2-1-3-7-15/h1-9,14H,10-13H2. The molecule has 0 spiro atoms. The molecule has 146 valence electrons. The van der Waals surface area contributed by atoms with Gasteiger partial charge in [0.2, 0.25) is 0 Å². The van der Waals surface area contributed by atoms with Gasteiger partial charge in [-0.15, -0.1) is 10.2 Å². The first kappa shape index (κ1) is 18.9. The van der Waals surface area contributed by atoms with Crippen LogP contribution in [0, 0.1) is 5.82 Å². The van der Waals surface area contributed by atoms with E-state index >= 15 is 0 Å². The highest BCUT2D eigenvalue weighted by molar-refractivity contribution is 8.00. The predicted octanol–water partition coefficient (Wildman–Crippen LogP) is 3.92. The van der Waals surface area contributed by atoms with Crippen LogP contribution in [0.25, 0.3) is 11.4 Å². The fourth-order valence-corrected chi connectivity index (χ4v) is 5.06. The monoisotopic (exact) mass is 419 g/mol. The minimum absolute atomic E-state index is 0.168. The van der Waals surface area contributed by atoms with Gasteiger partial charge in [-0.3, -0.25) is 4.57 Å². The van der Waals surface area contributed by atoms with Crippen molar-refractivity contribution in [3.63, 3.8) is 0 Å². The lowest BCUT2D eigenvalue weighted by molar-refractivity contribution is 0.488. The zero-order valence-corrected chi connectivity index (χ0v) is 16.5. The molecular weight excluding hydrogens is 401 g/mol. The Morgan fingerprint density at radius 3 is 2.50 bits per heavy atom. The molecule has 0 aliphatic heterocycles. The van der Waals surface area contributed by atoms with Gasteiger partial charge in [0.25, 0.3) is 0 Å². The van der Waals surface area contributed by atoms with E-state index in [1.165, 1.54) is 17.8 Å². The molecule has 1 aromatic heterocycles. The van der Waals surface area contributed by atoms with E-state index in [-0.39, 0.29) is 29.1 Å². The topological polar surface area (TPSA) is 74.1 Å². The van der Waals surface area contributed by atoms with Gasteiger partial charge < -0.3 is 4.18 Å². The predicted molar refractivity (Wildman–Crippen MR) is 105 cm³/mol. The summed E-state index contributed by atoms with van der Waals surface area (Å²) in [5.74, 6) is 0.505. The minimum atomic E-state index is -3.71. The Hall–Kier alpha value is -2.39. The first-order valence-electron chi connectivity index (χ1n) is 8.83. The lowest BCUT2D eigenvalue weighted by atomic mass is 10.2. The van der Waals surface area contributed by atoms with Gasteiger partial charge in [-0.05, 0) is 37.1 Å². The number of hydrogen-bond acceptors (Lipinski definition) is 6. The quantitative estimate of drug-likeness (QED) is 0.407. The van der Waals surface area contributed by atoms with Gasteiger partial charge >= 0.3 is 10.1 Å². The Labute approximate surface area is 166 Å². The molecule has 4 rings (SSSR count). The number of rotatable bonds is 8. The van der Waals surface area contributed by atoms with Crippen molar-refractivity contribution in [3.8, 4) is 17.1 Å². The third-order valence-corrected chi connectivity index (χ3v) is 6.58. The first-order chi connectivity index (χ1) is 13.5. The van der Waals surface area contributed by atoms with Gasteiger partial charge in [-0.2, -0.15) is 8.42 Å². The van der Waals surface area contributed by atoms with E-state index in [0.717, 1.165) is 12.8 Å². The molecule has 0 N–H and O–H groups in total. The highest BCUT2D eigenvalue weighted by atomic mass is 32.2. The summed E-state index contributed by atoms with van der Waals surface area (Å²) >= 11 is 1.28. The normalized spacial score (nSPS) is 14.2. The molecule has 3 aromatic rings. The SMILES string of the molecule is O=S(=O)(CCSc1nnc(-c2ccccc2F)n1C1CC1)Oc1ccccc1. The van der Waals surface area contributed by atoms with Crippen LogP contribution in [-0.2, 0) is 10.1 Å². The number of aromatic nitrogens is 3. The lowest BCUT2D eigenvalue weighted by Crippen LogP contribution is -2.15. The maximum Gasteiger partial charge on any atom is 0.310 e. The van der Waals surface area contributed by atoms with Crippen molar-refractivity contribution in [3.05, 3.63) is 60.4 Å². The van der Waals surface area contributed by atoms with E-state index in [9.17, 15) is 12.8 Å². The van der Waals surface area contributed by atoms with Crippen LogP contribution >= 0.6 is 11.8 Å². The van der Waals surface area contributed by atoms with E-state index in [1.807, 2.05) is 4.57 Å². The second kappa shape index (κ2) is 7.92. The maximum absolute atomic E-state index is 14.2. The molecule has 0 radical (unpaired) electrons. The largest absolute Gasteiger partial charge is 0.382 e. The molecule has 1 saturated carbocycles. The van der Waals surface area contributed by atoms with Crippen LogP contribution in [-0.4, -0.2) is 34.7 Å². The highest BCUT2D eigenvalue weighted by Gasteiger charge is 2.31. The van der Waals surface area contributed by atoms with Crippen molar-refractivity contribution < 1.29 is 17.0 Å². The van der Waals surface area contributed by atoms with Crippen LogP contribution in [0.1, 0.15) is 18.9 Å². The fourth-order valence-electron chi connectivity index (χ4n) is 2.76. The molecule has 0 bridgehead atoms. The van der Waals surface area contributed by atoms with Gasteiger partial charge in [-0.1, -0.05) is 42.1 Å². The Balaban J connectivity index is 1.46. The molecule has 0 unspecified atom stereocenters. The van der Waals surface area contributed by atoms with Crippen LogP contribution in [0.2, 0.25) is 0 Å². The summed E-state index contributed by atoms with van der Waals surface area (Å²) in [5.41, 5.74) is 0.397. The minimum Gasteiger partial charge on any atom is -0.382 e. The summed E-state index contributed by atoms with van der Waals surface area (Å²) in [4.78, 5) is 0. The van der Waals surface area contributed by atoms with Crippen molar-refractivity contribution in [2.24, 2.45) is 0 Å². The van der Waals surface area contributed by atoms with E-state index < -0.39 is 10.1 Å². The third kappa shape index (κ3) is 4.36. The molecule has 9 heteroatoms. The molecule has 0 saturated heterocycles. The summed E-state index contributed by atoms with van der Waals surface area (Å²) in [6.07, 6.45) is 1.95. The average molecular weight is 420 g/mol. The van der Waals surface area contributed by atoms with E-state index in [1.54, 1.807) is 48.5 Å². The third-order valence-electron chi connectivity index (χ3n) is 4.22. The second-order valence-corrected chi connectivity index (χ2v) is 9.15. The van der Waals surface area contributed by atoms with Gasteiger partial charge in [0.1, 0.15) is 11.6 Å². The molecule has 1 aliphatic rings. The molecule has 6 nitrogen and oxygen atoms in total. The van der Waals surface area contributed by atoms with E-state index in [4.69, 9.17) is 4.18 Å². The summed E-state index contributed by atoms with van der Waals surface area (Å²) in [6.45, 7) is 0. The summed E-state index contributed by atoms with van der Waals surface area (Å²) in [7, 11) is -3.71. The van der Waals surface area contributed by atoms with Crippen molar-refractivity contribution in [1.29, 1.82) is 0 Å². The zero-order valence-electron chi connectivity index (χ0n) is 14.9. The molecule has 1 aliphatic carbocycles. The number of para-hydroxylation sites is 1.